The molecule has 23 heavy (non-hydrogen) atoms. The lowest BCUT2D eigenvalue weighted by molar-refractivity contribution is -0.118. The summed E-state index contributed by atoms with van der Waals surface area (Å²) in [5.74, 6) is -0.150. The summed E-state index contributed by atoms with van der Waals surface area (Å²) in [6.07, 6.45) is -0.0617. The highest BCUT2D eigenvalue weighted by Gasteiger charge is 2.13. The zero-order chi connectivity index (χ0) is 15.4. The van der Waals surface area contributed by atoms with E-state index in [2.05, 4.69) is 10.3 Å². The maximum absolute atomic E-state index is 11.9. The van der Waals surface area contributed by atoms with Crippen molar-refractivity contribution >= 4 is 53.5 Å². The lowest BCUT2D eigenvalue weighted by Gasteiger charge is -2.12. The SMILES string of the molecule is COC(CN)CC(=O)Nc1ccc2oc(N(C)C)nc2c1.Cl.Cl. The molecule has 0 aliphatic rings. The van der Waals surface area contributed by atoms with Crippen molar-refractivity contribution in [1.82, 2.24) is 4.98 Å². The zero-order valence-corrected chi connectivity index (χ0v) is 14.9. The summed E-state index contributed by atoms with van der Waals surface area (Å²) < 4.78 is 10.6. The molecule has 9 heteroatoms. The monoisotopic (exact) mass is 364 g/mol. The second kappa shape index (κ2) is 9.57. The van der Waals surface area contributed by atoms with Gasteiger partial charge >= 0.3 is 0 Å². The van der Waals surface area contributed by atoms with Crippen molar-refractivity contribution in [3.63, 3.8) is 0 Å². The molecule has 0 saturated carbocycles. The predicted octanol–water partition coefficient (Wildman–Crippen LogP) is 2.04. The number of hydrogen-bond acceptors (Lipinski definition) is 6. The third-order valence-corrected chi connectivity index (χ3v) is 3.05. The Labute approximate surface area is 147 Å². The van der Waals surface area contributed by atoms with Gasteiger partial charge in [0.1, 0.15) is 5.52 Å². The Hall–Kier alpha value is -1.54. The molecule has 1 aromatic carbocycles. The molecule has 0 saturated heterocycles. The van der Waals surface area contributed by atoms with Crippen LogP contribution in [0.15, 0.2) is 22.6 Å². The smallest absolute Gasteiger partial charge is 0.297 e. The molecule has 0 spiro atoms. The van der Waals surface area contributed by atoms with Gasteiger partial charge in [0.05, 0.1) is 12.5 Å². The number of carbonyl (C=O) groups is 1. The number of rotatable bonds is 6. The van der Waals surface area contributed by atoms with Crippen molar-refractivity contribution in [2.75, 3.05) is 38.0 Å². The maximum Gasteiger partial charge on any atom is 0.297 e. The van der Waals surface area contributed by atoms with Gasteiger partial charge in [0.15, 0.2) is 5.58 Å². The molecule has 1 heterocycles. The van der Waals surface area contributed by atoms with E-state index in [-0.39, 0.29) is 43.2 Å². The lowest BCUT2D eigenvalue weighted by Crippen LogP contribution is -2.28. The van der Waals surface area contributed by atoms with E-state index in [1.807, 2.05) is 14.1 Å². The lowest BCUT2D eigenvalue weighted by atomic mass is 10.2. The second-order valence-corrected chi connectivity index (χ2v) is 4.92. The molecule has 130 valence electrons. The molecule has 3 N–H and O–H groups in total. The van der Waals surface area contributed by atoms with Crippen LogP contribution in [0.2, 0.25) is 0 Å². The number of nitrogens with two attached hydrogens (primary N) is 1. The molecule has 2 aromatic rings. The third-order valence-electron chi connectivity index (χ3n) is 3.05. The number of aromatic nitrogens is 1. The van der Waals surface area contributed by atoms with Crippen LogP contribution in [0.3, 0.4) is 0 Å². The summed E-state index contributed by atoms with van der Waals surface area (Å²) in [6.45, 7) is 0.304. The van der Waals surface area contributed by atoms with Crippen LogP contribution in [-0.4, -0.2) is 44.7 Å². The molecule has 7 nitrogen and oxygen atoms in total. The average molecular weight is 365 g/mol. The Kier molecular flexibility index (Phi) is 8.93. The minimum Gasteiger partial charge on any atom is -0.423 e. The number of benzene rings is 1. The topological polar surface area (TPSA) is 93.6 Å². The summed E-state index contributed by atoms with van der Waals surface area (Å²) in [5, 5.41) is 2.80. The Morgan fingerprint density at radius 3 is 2.70 bits per heavy atom. The Bertz CT molecular complexity index is 630. The van der Waals surface area contributed by atoms with Crippen LogP contribution in [0.25, 0.3) is 11.1 Å². The zero-order valence-electron chi connectivity index (χ0n) is 13.2. The van der Waals surface area contributed by atoms with E-state index in [1.165, 1.54) is 7.11 Å². The molecule has 1 amide bonds. The quantitative estimate of drug-likeness (QED) is 0.814. The molecule has 1 unspecified atom stereocenters. The van der Waals surface area contributed by atoms with Crippen LogP contribution in [0.4, 0.5) is 11.7 Å². The highest BCUT2D eigenvalue weighted by Crippen LogP contribution is 2.23. The van der Waals surface area contributed by atoms with Crippen LogP contribution in [0.5, 0.6) is 0 Å². The fraction of sp³-hybridized carbons (Fsp3) is 0.429. The fourth-order valence-corrected chi connectivity index (χ4v) is 1.87. The van der Waals surface area contributed by atoms with E-state index in [0.717, 1.165) is 0 Å². The fourth-order valence-electron chi connectivity index (χ4n) is 1.87. The summed E-state index contributed by atoms with van der Waals surface area (Å²) in [7, 11) is 5.24. The van der Waals surface area contributed by atoms with Crippen LogP contribution in [0.1, 0.15) is 6.42 Å². The van der Waals surface area contributed by atoms with E-state index in [1.54, 1.807) is 23.1 Å². The van der Waals surface area contributed by atoms with Crippen LogP contribution in [-0.2, 0) is 9.53 Å². The van der Waals surface area contributed by atoms with E-state index in [4.69, 9.17) is 14.9 Å². The standard InChI is InChI=1S/C14H20N4O3.2ClH/c1-18(2)14-17-11-6-9(4-5-12(11)21-14)16-13(19)7-10(8-15)20-3;;/h4-6,10H,7-8,15H2,1-3H3,(H,16,19);2*1H. The van der Waals surface area contributed by atoms with E-state index >= 15 is 0 Å². The van der Waals surface area contributed by atoms with Crippen molar-refractivity contribution in [2.45, 2.75) is 12.5 Å². The van der Waals surface area contributed by atoms with Crippen molar-refractivity contribution in [3.8, 4) is 0 Å². The molecule has 0 fully saturated rings. The van der Waals surface area contributed by atoms with Gasteiger partial charge < -0.3 is 25.1 Å². The maximum atomic E-state index is 11.9. The van der Waals surface area contributed by atoms with Gasteiger partial charge in [0.2, 0.25) is 5.91 Å². The minimum atomic E-state index is -0.277. The van der Waals surface area contributed by atoms with E-state index < -0.39 is 0 Å². The van der Waals surface area contributed by atoms with Crippen molar-refractivity contribution in [3.05, 3.63) is 18.2 Å². The molecule has 0 aliphatic heterocycles. The van der Waals surface area contributed by atoms with Crippen LogP contribution in [0, 0.1) is 0 Å². The van der Waals surface area contributed by atoms with Crippen molar-refractivity contribution in [2.24, 2.45) is 5.73 Å². The number of fused-ring (bicyclic) bond motifs is 1. The van der Waals surface area contributed by atoms with Gasteiger partial charge in [-0.3, -0.25) is 4.79 Å². The van der Waals surface area contributed by atoms with Crippen molar-refractivity contribution in [1.29, 1.82) is 0 Å². The van der Waals surface area contributed by atoms with Gasteiger partial charge in [-0.05, 0) is 18.2 Å². The van der Waals surface area contributed by atoms with Crippen LogP contribution < -0.4 is 16.0 Å². The number of oxazole rings is 1. The minimum absolute atomic E-state index is 0. The van der Waals surface area contributed by atoms with Gasteiger partial charge in [-0.25, -0.2) is 0 Å². The summed E-state index contributed by atoms with van der Waals surface area (Å²) in [6, 6.07) is 5.85. The van der Waals surface area contributed by atoms with Gasteiger partial charge in [0.25, 0.3) is 6.01 Å². The average Bonchev–Trinajstić information content (AvgIpc) is 2.88. The summed E-state index contributed by atoms with van der Waals surface area (Å²) >= 11 is 0. The Morgan fingerprint density at radius 1 is 1.43 bits per heavy atom. The summed E-state index contributed by atoms with van der Waals surface area (Å²) in [4.78, 5) is 18.0. The Balaban J connectivity index is 0.00000242. The molecule has 1 aromatic heterocycles. The van der Waals surface area contributed by atoms with Crippen LogP contribution >= 0.6 is 24.8 Å². The first-order chi connectivity index (χ1) is 10.0. The number of halogens is 2. The Morgan fingerprint density at radius 2 is 2.13 bits per heavy atom. The molecule has 0 aliphatic carbocycles. The van der Waals surface area contributed by atoms with Gasteiger partial charge in [-0.1, -0.05) is 0 Å². The number of hydrogen-bond donors (Lipinski definition) is 2. The third kappa shape index (κ3) is 5.54. The second-order valence-electron chi connectivity index (χ2n) is 4.92. The molecule has 1 atom stereocenters. The molecular weight excluding hydrogens is 343 g/mol. The van der Waals surface area contributed by atoms with Gasteiger partial charge in [-0.15, -0.1) is 24.8 Å². The number of ether oxygens (including phenoxy) is 1. The first kappa shape index (κ1) is 21.5. The highest BCUT2D eigenvalue weighted by molar-refractivity contribution is 5.93. The number of anilines is 2. The molecule has 0 bridgehead atoms. The number of amides is 1. The summed E-state index contributed by atoms with van der Waals surface area (Å²) in [5.41, 5.74) is 7.53. The van der Waals surface area contributed by atoms with Gasteiger partial charge in [0, 0.05) is 33.4 Å². The number of nitrogens with zero attached hydrogens (tertiary/aromatic N) is 2. The number of nitrogens with one attached hydrogen (secondary N) is 1. The highest BCUT2D eigenvalue weighted by atomic mass is 35.5. The van der Waals surface area contributed by atoms with Crippen molar-refractivity contribution < 1.29 is 13.9 Å². The first-order valence-electron chi connectivity index (χ1n) is 6.64. The number of carbonyl (C=O) groups excluding carboxylic acids is 1. The predicted molar refractivity (Wildman–Crippen MR) is 95.9 cm³/mol. The van der Waals surface area contributed by atoms with Gasteiger partial charge in [-0.2, -0.15) is 4.98 Å². The largest absolute Gasteiger partial charge is 0.423 e. The normalized spacial score (nSPS) is 11.3. The molecule has 0 radical (unpaired) electrons. The molecular formula is C14H22Cl2N4O3. The van der Waals surface area contributed by atoms with E-state index in [0.29, 0.717) is 29.3 Å². The van der Waals surface area contributed by atoms with E-state index in [9.17, 15) is 4.79 Å². The first-order valence-corrected chi connectivity index (χ1v) is 6.64. The number of methoxy groups -OCH3 is 1. The molecule has 2 rings (SSSR count).